The fourth-order valence-corrected chi connectivity index (χ4v) is 3.60. The van der Waals surface area contributed by atoms with Crippen LogP contribution in [0.15, 0.2) is 70.4 Å². The van der Waals surface area contributed by atoms with Gasteiger partial charge in [-0.15, -0.1) is 10.2 Å². The van der Waals surface area contributed by atoms with E-state index in [2.05, 4.69) is 15.2 Å². The highest BCUT2D eigenvalue weighted by Crippen LogP contribution is 2.27. The third-order valence-electron chi connectivity index (χ3n) is 4.15. The van der Waals surface area contributed by atoms with Gasteiger partial charge >= 0.3 is 0 Å². The fraction of sp³-hybridized carbons (Fsp3) is 0.150. The summed E-state index contributed by atoms with van der Waals surface area (Å²) in [4.78, 5) is 15.9. The number of hydrogen-bond acceptors (Lipinski definition) is 5. The van der Waals surface area contributed by atoms with Crippen LogP contribution in [-0.4, -0.2) is 26.2 Å². The minimum absolute atomic E-state index is 0.0373. The first-order chi connectivity index (χ1) is 12.7. The predicted molar refractivity (Wildman–Crippen MR) is 101 cm³/mol. The minimum atomic E-state index is -0.320. The van der Waals surface area contributed by atoms with E-state index in [1.807, 2.05) is 61.5 Å². The number of ketones is 1. The predicted octanol–water partition coefficient (Wildman–Crippen LogP) is 4.51. The van der Waals surface area contributed by atoms with E-state index in [0.29, 0.717) is 23.1 Å². The Morgan fingerprint density at radius 1 is 1.12 bits per heavy atom. The van der Waals surface area contributed by atoms with Gasteiger partial charge in [0.25, 0.3) is 5.22 Å². The average Bonchev–Trinajstić information content (AvgIpc) is 3.29. The lowest BCUT2D eigenvalue weighted by molar-refractivity contribution is 0.0995. The van der Waals surface area contributed by atoms with Crippen LogP contribution in [0.3, 0.4) is 0 Å². The van der Waals surface area contributed by atoms with Crippen LogP contribution in [-0.2, 0) is 6.42 Å². The SMILES string of the molecule is C[C@@H](Sc1nnc(Cc2ccccc2)o1)C(=O)c1c[nH]c2ccccc12. The smallest absolute Gasteiger partial charge is 0.277 e. The second-order valence-corrected chi connectivity index (χ2v) is 7.29. The van der Waals surface area contributed by atoms with Crippen LogP contribution < -0.4 is 0 Å². The van der Waals surface area contributed by atoms with E-state index in [-0.39, 0.29) is 11.0 Å². The molecule has 0 saturated heterocycles. The first kappa shape index (κ1) is 16.6. The number of Topliss-reactive ketones (excluding diaryl/α,β-unsaturated/α-hetero) is 1. The zero-order valence-corrected chi connectivity index (χ0v) is 15.0. The Morgan fingerprint density at radius 3 is 2.73 bits per heavy atom. The fourth-order valence-electron chi connectivity index (χ4n) is 2.83. The first-order valence-electron chi connectivity index (χ1n) is 8.34. The summed E-state index contributed by atoms with van der Waals surface area (Å²) in [5, 5.41) is 9.17. The van der Waals surface area contributed by atoms with Crippen LogP contribution >= 0.6 is 11.8 Å². The van der Waals surface area contributed by atoms with Crippen LogP contribution in [0.25, 0.3) is 10.9 Å². The maximum absolute atomic E-state index is 12.8. The molecule has 2 heterocycles. The number of rotatable bonds is 6. The third kappa shape index (κ3) is 3.41. The van der Waals surface area contributed by atoms with Gasteiger partial charge in [0.15, 0.2) is 5.78 Å². The van der Waals surface area contributed by atoms with Crippen molar-refractivity contribution < 1.29 is 9.21 Å². The number of nitrogens with one attached hydrogen (secondary N) is 1. The van der Waals surface area contributed by atoms with Gasteiger partial charge in [0.1, 0.15) is 0 Å². The molecule has 2 aromatic heterocycles. The van der Waals surface area contributed by atoms with Crippen molar-refractivity contribution >= 4 is 28.4 Å². The molecule has 0 amide bonds. The van der Waals surface area contributed by atoms with Crippen molar-refractivity contribution in [1.29, 1.82) is 0 Å². The van der Waals surface area contributed by atoms with E-state index in [0.717, 1.165) is 16.5 Å². The average molecular weight is 363 g/mol. The van der Waals surface area contributed by atoms with E-state index < -0.39 is 0 Å². The number of fused-ring (bicyclic) bond motifs is 1. The highest BCUT2D eigenvalue weighted by molar-refractivity contribution is 8.00. The molecular formula is C20H17N3O2S. The van der Waals surface area contributed by atoms with Gasteiger partial charge in [-0.25, -0.2) is 0 Å². The Hall–Kier alpha value is -2.86. The lowest BCUT2D eigenvalue weighted by atomic mass is 10.1. The normalized spacial score (nSPS) is 12.3. The van der Waals surface area contributed by atoms with Gasteiger partial charge in [-0.1, -0.05) is 60.3 Å². The quantitative estimate of drug-likeness (QED) is 0.403. The molecule has 0 unspecified atom stereocenters. The molecule has 1 N–H and O–H groups in total. The van der Waals surface area contributed by atoms with Crippen molar-refractivity contribution in [1.82, 2.24) is 15.2 Å². The van der Waals surface area contributed by atoms with Crippen LogP contribution in [0.1, 0.15) is 28.7 Å². The highest BCUT2D eigenvalue weighted by Gasteiger charge is 2.22. The molecule has 0 bridgehead atoms. The molecule has 0 spiro atoms. The second kappa shape index (κ2) is 7.17. The van der Waals surface area contributed by atoms with Crippen molar-refractivity contribution in [2.45, 2.75) is 23.8 Å². The monoisotopic (exact) mass is 363 g/mol. The number of para-hydroxylation sites is 1. The molecule has 0 aliphatic rings. The number of carbonyl (C=O) groups is 1. The van der Waals surface area contributed by atoms with Crippen LogP contribution in [0.5, 0.6) is 0 Å². The second-order valence-electron chi connectivity index (χ2n) is 6.00. The maximum atomic E-state index is 12.8. The van der Waals surface area contributed by atoms with Gasteiger partial charge in [-0.05, 0) is 18.6 Å². The summed E-state index contributed by atoms with van der Waals surface area (Å²) >= 11 is 1.29. The van der Waals surface area contributed by atoms with Crippen LogP contribution in [0, 0.1) is 0 Å². The van der Waals surface area contributed by atoms with Gasteiger partial charge in [0, 0.05) is 22.7 Å². The Morgan fingerprint density at radius 2 is 1.88 bits per heavy atom. The molecule has 5 nitrogen and oxygen atoms in total. The topological polar surface area (TPSA) is 71.8 Å². The van der Waals surface area contributed by atoms with Crippen molar-refractivity contribution in [3.63, 3.8) is 0 Å². The molecule has 0 saturated carbocycles. The number of nitrogens with zero attached hydrogens (tertiary/aromatic N) is 2. The molecular weight excluding hydrogens is 346 g/mol. The van der Waals surface area contributed by atoms with Crippen molar-refractivity contribution in [3.8, 4) is 0 Å². The van der Waals surface area contributed by atoms with Crippen molar-refractivity contribution in [2.24, 2.45) is 0 Å². The molecule has 4 rings (SSSR count). The highest BCUT2D eigenvalue weighted by atomic mass is 32.2. The van der Waals surface area contributed by atoms with E-state index in [4.69, 9.17) is 4.42 Å². The van der Waals surface area contributed by atoms with Gasteiger partial charge in [-0.2, -0.15) is 0 Å². The Balaban J connectivity index is 1.46. The molecule has 130 valence electrons. The number of aromatic nitrogens is 3. The van der Waals surface area contributed by atoms with Gasteiger partial charge in [0.05, 0.1) is 11.7 Å². The molecule has 26 heavy (non-hydrogen) atoms. The Labute approximate surface area is 154 Å². The number of hydrogen-bond donors (Lipinski definition) is 1. The Kier molecular flexibility index (Phi) is 4.58. The van der Waals surface area contributed by atoms with E-state index >= 15 is 0 Å². The summed E-state index contributed by atoms with van der Waals surface area (Å²) in [6.45, 7) is 1.86. The van der Waals surface area contributed by atoms with Crippen LogP contribution in [0.2, 0.25) is 0 Å². The first-order valence-corrected chi connectivity index (χ1v) is 9.22. The summed E-state index contributed by atoms with van der Waals surface area (Å²) in [6, 6.07) is 17.7. The summed E-state index contributed by atoms with van der Waals surface area (Å²) in [5.41, 5.74) is 2.75. The zero-order chi connectivity index (χ0) is 17.9. The van der Waals surface area contributed by atoms with Gasteiger partial charge in [0.2, 0.25) is 5.89 Å². The number of carbonyl (C=O) groups excluding carboxylic acids is 1. The van der Waals surface area contributed by atoms with E-state index in [1.165, 1.54) is 11.8 Å². The Bertz CT molecular complexity index is 1040. The molecule has 0 fully saturated rings. The molecule has 4 aromatic rings. The largest absolute Gasteiger partial charge is 0.416 e. The molecule has 0 aliphatic heterocycles. The van der Waals surface area contributed by atoms with Crippen molar-refractivity contribution in [3.05, 3.63) is 77.8 Å². The number of H-pyrrole nitrogens is 1. The molecule has 6 heteroatoms. The number of thioether (sulfide) groups is 1. The summed E-state index contributed by atoms with van der Waals surface area (Å²) in [6.07, 6.45) is 2.35. The summed E-state index contributed by atoms with van der Waals surface area (Å²) in [7, 11) is 0. The lowest BCUT2D eigenvalue weighted by Crippen LogP contribution is -2.13. The third-order valence-corrected chi connectivity index (χ3v) is 5.08. The molecule has 1 atom stereocenters. The molecule has 0 aliphatic carbocycles. The zero-order valence-electron chi connectivity index (χ0n) is 14.2. The van der Waals surface area contributed by atoms with E-state index in [9.17, 15) is 4.79 Å². The molecule has 2 aromatic carbocycles. The van der Waals surface area contributed by atoms with E-state index in [1.54, 1.807) is 6.20 Å². The van der Waals surface area contributed by atoms with Crippen molar-refractivity contribution in [2.75, 3.05) is 0 Å². The maximum Gasteiger partial charge on any atom is 0.277 e. The minimum Gasteiger partial charge on any atom is -0.416 e. The molecule has 0 radical (unpaired) electrons. The lowest BCUT2D eigenvalue weighted by Gasteiger charge is -2.06. The standard InChI is InChI=1S/C20H17N3O2S/c1-13(19(24)16-12-21-17-10-6-5-9-15(16)17)26-20-23-22-18(25-20)11-14-7-3-2-4-8-14/h2-10,12-13,21H,11H2,1H3/t13-/m1/s1. The summed E-state index contributed by atoms with van der Waals surface area (Å²) in [5.74, 6) is 0.584. The summed E-state index contributed by atoms with van der Waals surface area (Å²) < 4.78 is 5.69. The van der Waals surface area contributed by atoms with Gasteiger partial charge in [-0.3, -0.25) is 4.79 Å². The number of benzene rings is 2. The van der Waals surface area contributed by atoms with Gasteiger partial charge < -0.3 is 9.40 Å². The number of aromatic amines is 1. The van der Waals surface area contributed by atoms with Crippen LogP contribution in [0.4, 0.5) is 0 Å².